The molecule has 1 atom stereocenters. The van der Waals surface area contributed by atoms with Crippen LogP contribution < -0.4 is 4.90 Å². The number of halogens is 2. The molecule has 0 aromatic heterocycles. The van der Waals surface area contributed by atoms with Crippen molar-refractivity contribution in [2.45, 2.75) is 25.8 Å². The topological polar surface area (TPSA) is 40.5 Å². The number of nitrogens with zero attached hydrogens (tertiary/aromatic N) is 1. The van der Waals surface area contributed by atoms with E-state index in [9.17, 15) is 9.18 Å². The van der Waals surface area contributed by atoms with E-state index in [4.69, 9.17) is 5.11 Å². The average Bonchev–Trinajstić information content (AvgIpc) is 3.14. The van der Waals surface area contributed by atoms with Gasteiger partial charge in [-0.3, -0.25) is 0 Å². The quantitative estimate of drug-likeness (QED) is 0.924. The van der Waals surface area contributed by atoms with E-state index < -0.39 is 11.8 Å². The van der Waals surface area contributed by atoms with Gasteiger partial charge in [-0.25, -0.2) is 9.18 Å². The first kappa shape index (κ1) is 13.3. The number of rotatable bonds is 4. The van der Waals surface area contributed by atoms with Crippen LogP contribution in [0.2, 0.25) is 0 Å². The fourth-order valence-corrected chi connectivity index (χ4v) is 2.60. The van der Waals surface area contributed by atoms with Gasteiger partial charge in [0.2, 0.25) is 0 Å². The van der Waals surface area contributed by atoms with Crippen LogP contribution in [0.15, 0.2) is 16.6 Å². The summed E-state index contributed by atoms with van der Waals surface area (Å²) in [4.78, 5) is 12.8. The number of carbonyl (C=O) groups is 1. The van der Waals surface area contributed by atoms with Crippen LogP contribution in [0.25, 0.3) is 0 Å². The van der Waals surface area contributed by atoms with E-state index in [2.05, 4.69) is 22.9 Å². The van der Waals surface area contributed by atoms with Crippen LogP contribution in [0, 0.1) is 11.7 Å². The molecule has 1 N–H and O–H groups in total. The van der Waals surface area contributed by atoms with Gasteiger partial charge >= 0.3 is 5.97 Å². The lowest BCUT2D eigenvalue weighted by Gasteiger charge is -2.27. The van der Waals surface area contributed by atoms with Crippen molar-refractivity contribution in [3.8, 4) is 0 Å². The Kier molecular flexibility index (Phi) is 3.61. The lowest BCUT2D eigenvalue weighted by molar-refractivity contribution is 0.0695. The Morgan fingerprint density at radius 3 is 2.67 bits per heavy atom. The van der Waals surface area contributed by atoms with Crippen LogP contribution in [0.4, 0.5) is 10.1 Å². The van der Waals surface area contributed by atoms with E-state index in [1.165, 1.54) is 25.0 Å². The van der Waals surface area contributed by atoms with Crippen LogP contribution in [-0.4, -0.2) is 24.2 Å². The van der Waals surface area contributed by atoms with Crippen molar-refractivity contribution in [2.24, 2.45) is 5.92 Å². The summed E-state index contributed by atoms with van der Waals surface area (Å²) in [7, 11) is 1.84. The van der Waals surface area contributed by atoms with Crippen molar-refractivity contribution in [1.82, 2.24) is 0 Å². The zero-order chi connectivity index (χ0) is 13.4. The predicted molar refractivity (Wildman–Crippen MR) is 71.6 cm³/mol. The van der Waals surface area contributed by atoms with E-state index in [-0.39, 0.29) is 16.1 Å². The Balaban J connectivity index is 2.34. The maximum absolute atomic E-state index is 14.2. The normalized spacial score (nSPS) is 16.4. The van der Waals surface area contributed by atoms with Crippen molar-refractivity contribution in [3.63, 3.8) is 0 Å². The highest BCUT2D eigenvalue weighted by atomic mass is 79.9. The lowest BCUT2D eigenvalue weighted by atomic mass is 10.1. The first-order valence-electron chi connectivity index (χ1n) is 5.87. The standard InChI is InChI=1S/C13H15BrFNO2/c1-7(8-3-4-8)16(2)10-6-5-9(13(17)18)11(14)12(10)15/h5-8H,3-4H2,1-2H3,(H,17,18). The molecule has 18 heavy (non-hydrogen) atoms. The largest absolute Gasteiger partial charge is 0.478 e. The average molecular weight is 316 g/mol. The van der Waals surface area contributed by atoms with E-state index in [1.54, 1.807) is 0 Å². The number of hydrogen-bond donors (Lipinski definition) is 1. The SMILES string of the molecule is CC(C1CC1)N(C)c1ccc(C(=O)O)c(Br)c1F. The predicted octanol–water partition coefficient (Wildman–Crippen LogP) is 3.52. The molecular weight excluding hydrogens is 301 g/mol. The van der Waals surface area contributed by atoms with Crippen LogP contribution in [0.1, 0.15) is 30.1 Å². The fourth-order valence-electron chi connectivity index (χ4n) is 2.09. The molecule has 5 heteroatoms. The summed E-state index contributed by atoms with van der Waals surface area (Å²) in [5.41, 5.74) is 0.384. The molecule has 0 amide bonds. The zero-order valence-electron chi connectivity index (χ0n) is 10.3. The molecule has 98 valence electrons. The summed E-state index contributed by atoms with van der Waals surface area (Å²) >= 11 is 3.02. The first-order valence-corrected chi connectivity index (χ1v) is 6.67. The van der Waals surface area contributed by atoms with E-state index >= 15 is 0 Å². The summed E-state index contributed by atoms with van der Waals surface area (Å²) in [5.74, 6) is -1.03. The minimum atomic E-state index is -1.13. The van der Waals surface area contributed by atoms with Gasteiger partial charge in [-0.05, 0) is 53.7 Å². The number of hydrogen-bond acceptors (Lipinski definition) is 2. The Bertz CT molecular complexity index is 488. The molecule has 1 aliphatic rings. The molecular formula is C13H15BrFNO2. The number of anilines is 1. The molecule has 1 fully saturated rings. The van der Waals surface area contributed by atoms with Crippen molar-refractivity contribution in [2.75, 3.05) is 11.9 Å². The van der Waals surface area contributed by atoms with Gasteiger partial charge in [-0.2, -0.15) is 0 Å². The monoisotopic (exact) mass is 315 g/mol. The third kappa shape index (κ3) is 2.36. The second-order valence-electron chi connectivity index (χ2n) is 4.75. The minimum Gasteiger partial charge on any atom is -0.478 e. The smallest absolute Gasteiger partial charge is 0.336 e. The number of aromatic carboxylic acids is 1. The van der Waals surface area contributed by atoms with Crippen LogP contribution in [0.3, 0.4) is 0 Å². The highest BCUT2D eigenvalue weighted by Gasteiger charge is 2.32. The van der Waals surface area contributed by atoms with Crippen LogP contribution >= 0.6 is 15.9 Å². The molecule has 1 aromatic carbocycles. The Hall–Kier alpha value is -1.10. The molecule has 0 aliphatic heterocycles. The maximum atomic E-state index is 14.2. The third-order valence-corrected chi connectivity index (χ3v) is 4.36. The summed E-state index contributed by atoms with van der Waals surface area (Å²) in [5, 5.41) is 8.92. The van der Waals surface area contributed by atoms with Crippen molar-refractivity contribution >= 4 is 27.6 Å². The van der Waals surface area contributed by atoms with E-state index in [0.29, 0.717) is 11.6 Å². The molecule has 0 bridgehead atoms. The molecule has 1 saturated carbocycles. The second-order valence-corrected chi connectivity index (χ2v) is 5.55. The van der Waals surface area contributed by atoms with Crippen LogP contribution in [0.5, 0.6) is 0 Å². The van der Waals surface area contributed by atoms with Gasteiger partial charge in [0.15, 0.2) is 5.82 Å². The third-order valence-electron chi connectivity index (χ3n) is 3.59. The Labute approximate surface area is 114 Å². The van der Waals surface area contributed by atoms with Gasteiger partial charge in [0.1, 0.15) is 0 Å². The van der Waals surface area contributed by atoms with Gasteiger partial charge in [0.05, 0.1) is 15.7 Å². The molecule has 1 unspecified atom stereocenters. The second kappa shape index (κ2) is 4.88. The Morgan fingerprint density at radius 1 is 1.56 bits per heavy atom. The number of carboxylic acids is 1. The first-order chi connectivity index (χ1) is 8.43. The highest BCUT2D eigenvalue weighted by molar-refractivity contribution is 9.10. The lowest BCUT2D eigenvalue weighted by Crippen LogP contribution is -2.31. The summed E-state index contributed by atoms with van der Waals surface area (Å²) < 4.78 is 14.2. The molecule has 0 saturated heterocycles. The molecule has 1 aliphatic carbocycles. The summed E-state index contributed by atoms with van der Waals surface area (Å²) in [6.07, 6.45) is 2.36. The van der Waals surface area contributed by atoms with Crippen molar-refractivity contribution in [1.29, 1.82) is 0 Å². The zero-order valence-corrected chi connectivity index (χ0v) is 11.9. The molecule has 1 aromatic rings. The summed E-state index contributed by atoms with van der Waals surface area (Å²) in [6.45, 7) is 2.07. The Morgan fingerprint density at radius 2 is 2.17 bits per heavy atom. The maximum Gasteiger partial charge on any atom is 0.336 e. The molecule has 2 rings (SSSR count). The van der Waals surface area contributed by atoms with Gasteiger partial charge in [0.25, 0.3) is 0 Å². The van der Waals surface area contributed by atoms with Crippen molar-refractivity contribution < 1.29 is 14.3 Å². The minimum absolute atomic E-state index is 0.0161. The molecule has 0 radical (unpaired) electrons. The van der Waals surface area contributed by atoms with Gasteiger partial charge in [0, 0.05) is 13.1 Å². The summed E-state index contributed by atoms with van der Waals surface area (Å²) in [6, 6.07) is 3.23. The molecule has 3 nitrogen and oxygen atoms in total. The van der Waals surface area contributed by atoms with Crippen LogP contribution in [-0.2, 0) is 0 Å². The molecule has 0 spiro atoms. The highest BCUT2D eigenvalue weighted by Crippen LogP contribution is 2.38. The number of carboxylic acid groups (broad SMARTS) is 1. The van der Waals surface area contributed by atoms with Gasteiger partial charge < -0.3 is 10.0 Å². The van der Waals surface area contributed by atoms with Gasteiger partial charge in [-0.1, -0.05) is 0 Å². The van der Waals surface area contributed by atoms with E-state index in [1.807, 2.05) is 11.9 Å². The fraction of sp³-hybridized carbons (Fsp3) is 0.462. The number of benzene rings is 1. The molecule has 0 heterocycles. The van der Waals surface area contributed by atoms with Gasteiger partial charge in [-0.15, -0.1) is 0 Å². The van der Waals surface area contributed by atoms with Crippen molar-refractivity contribution in [3.05, 3.63) is 28.0 Å². The van der Waals surface area contributed by atoms with E-state index in [0.717, 1.165) is 0 Å².